The van der Waals surface area contributed by atoms with Crippen molar-refractivity contribution in [2.45, 2.75) is 24.5 Å². The molecule has 0 saturated heterocycles. The number of aromatic nitrogens is 2. The topological polar surface area (TPSA) is 154 Å². The van der Waals surface area contributed by atoms with Crippen molar-refractivity contribution in [2.75, 3.05) is 13.2 Å². The Labute approximate surface area is 195 Å². The average molecular weight is 464 g/mol. The van der Waals surface area contributed by atoms with E-state index in [1.165, 1.54) is 12.5 Å². The van der Waals surface area contributed by atoms with E-state index >= 15 is 0 Å². The molecule has 0 radical (unpaired) electrons. The number of aliphatic hydroxyl groups excluding tert-OH is 1. The van der Waals surface area contributed by atoms with Gasteiger partial charge in [-0.1, -0.05) is 48.5 Å². The molecule has 2 unspecified atom stereocenters. The highest BCUT2D eigenvalue weighted by Gasteiger charge is 2.30. The molecule has 2 amide bonds. The summed E-state index contributed by atoms with van der Waals surface area (Å²) in [5, 5.41) is 24.0. The third kappa shape index (κ3) is 5.07. The second-order valence-corrected chi connectivity index (χ2v) is 7.89. The third-order valence-electron chi connectivity index (χ3n) is 5.68. The minimum atomic E-state index is -1.37. The standard InChI is InChI=1S/C24H24N4O6/c29-21(20-10-25-13-27-20)11-26-23(32)19(9-22(30)31)28-24(33)34-12-18-16-7-3-1-5-14(16)15-6-2-4-8-17(15)18/h1-8,10,13,18-19,21,29H,9,11-12H2,(H,25,27)(H,26,32)(H,28,33)(H,30,31). The number of alkyl carbamates (subject to hydrolysis) is 1. The molecule has 0 saturated carbocycles. The molecule has 1 aromatic heterocycles. The lowest BCUT2D eigenvalue weighted by Gasteiger charge is -2.19. The summed E-state index contributed by atoms with van der Waals surface area (Å²) >= 11 is 0. The van der Waals surface area contributed by atoms with Crippen molar-refractivity contribution < 1.29 is 29.3 Å². The van der Waals surface area contributed by atoms with E-state index in [4.69, 9.17) is 9.84 Å². The van der Waals surface area contributed by atoms with Crippen molar-refractivity contribution in [1.29, 1.82) is 0 Å². The summed E-state index contributed by atoms with van der Waals surface area (Å²) in [6.07, 6.45) is 0.173. The van der Waals surface area contributed by atoms with Crippen LogP contribution in [0.5, 0.6) is 0 Å². The van der Waals surface area contributed by atoms with Gasteiger partial charge in [0.2, 0.25) is 5.91 Å². The summed E-state index contributed by atoms with van der Waals surface area (Å²) in [5.41, 5.74) is 4.60. The number of imidazole rings is 1. The van der Waals surface area contributed by atoms with Gasteiger partial charge in [0, 0.05) is 12.5 Å². The Morgan fingerprint density at radius 3 is 2.29 bits per heavy atom. The Bertz CT molecular complexity index is 1130. The molecule has 3 aromatic rings. The first-order valence-electron chi connectivity index (χ1n) is 10.7. The maximum absolute atomic E-state index is 12.5. The van der Waals surface area contributed by atoms with Crippen LogP contribution in [0.4, 0.5) is 4.79 Å². The highest BCUT2D eigenvalue weighted by atomic mass is 16.5. The molecular weight excluding hydrogens is 440 g/mol. The van der Waals surface area contributed by atoms with Gasteiger partial charge in [0.1, 0.15) is 18.8 Å². The molecule has 2 atom stereocenters. The van der Waals surface area contributed by atoms with Crippen molar-refractivity contribution in [3.63, 3.8) is 0 Å². The van der Waals surface area contributed by atoms with Crippen LogP contribution in [0, 0.1) is 0 Å². The number of carbonyl (C=O) groups excluding carboxylic acids is 2. The van der Waals surface area contributed by atoms with Crippen molar-refractivity contribution in [2.24, 2.45) is 0 Å². The SMILES string of the molecule is O=C(O)CC(NC(=O)OCC1c2ccccc2-c2ccccc21)C(=O)NCC(O)c1cnc[nH]1. The number of carboxylic acids is 1. The number of hydrogen-bond acceptors (Lipinski definition) is 6. The molecular formula is C24H24N4O6. The summed E-state index contributed by atoms with van der Waals surface area (Å²) in [7, 11) is 0. The summed E-state index contributed by atoms with van der Waals surface area (Å²) in [4.78, 5) is 42.7. The van der Waals surface area contributed by atoms with Crippen LogP contribution >= 0.6 is 0 Å². The van der Waals surface area contributed by atoms with E-state index in [0.717, 1.165) is 22.3 Å². The van der Waals surface area contributed by atoms with Crippen molar-refractivity contribution in [3.8, 4) is 11.1 Å². The van der Waals surface area contributed by atoms with Crippen LogP contribution in [-0.2, 0) is 14.3 Å². The summed E-state index contributed by atoms with van der Waals surface area (Å²) in [6, 6.07) is 14.3. The number of benzene rings is 2. The predicted octanol–water partition coefficient (Wildman–Crippen LogP) is 1.94. The largest absolute Gasteiger partial charge is 0.481 e. The molecule has 5 N–H and O–H groups in total. The molecule has 1 aliphatic carbocycles. The Kier molecular flexibility index (Phi) is 6.88. The number of nitrogens with one attached hydrogen (secondary N) is 3. The van der Waals surface area contributed by atoms with Crippen LogP contribution in [0.2, 0.25) is 0 Å². The van der Waals surface area contributed by atoms with E-state index in [1.54, 1.807) is 0 Å². The van der Waals surface area contributed by atoms with Gasteiger partial charge in [-0.25, -0.2) is 9.78 Å². The molecule has 0 fully saturated rings. The Morgan fingerprint density at radius 2 is 1.71 bits per heavy atom. The number of rotatable bonds is 9. The molecule has 176 valence electrons. The minimum Gasteiger partial charge on any atom is -0.481 e. The van der Waals surface area contributed by atoms with Crippen LogP contribution in [0.25, 0.3) is 11.1 Å². The molecule has 1 aliphatic rings. The summed E-state index contributed by atoms with van der Waals surface area (Å²) < 4.78 is 5.40. The molecule has 0 spiro atoms. The van der Waals surface area contributed by atoms with Gasteiger partial charge in [0.15, 0.2) is 0 Å². The van der Waals surface area contributed by atoms with E-state index < -0.39 is 36.5 Å². The number of carbonyl (C=O) groups is 3. The first-order valence-corrected chi connectivity index (χ1v) is 10.7. The molecule has 0 bridgehead atoms. The van der Waals surface area contributed by atoms with Gasteiger partial charge < -0.3 is 30.6 Å². The summed E-state index contributed by atoms with van der Waals surface area (Å²) in [6.45, 7) is -0.163. The lowest BCUT2D eigenvalue weighted by Crippen LogP contribution is -2.49. The third-order valence-corrected chi connectivity index (χ3v) is 5.68. The second kappa shape index (κ2) is 10.2. The number of carboxylic acid groups (broad SMARTS) is 1. The Hall–Kier alpha value is -4.18. The molecule has 1 heterocycles. The van der Waals surface area contributed by atoms with Gasteiger partial charge in [-0.15, -0.1) is 0 Å². The first kappa shape index (κ1) is 23.0. The zero-order valence-electron chi connectivity index (χ0n) is 18.1. The number of ether oxygens (including phenoxy) is 1. The maximum Gasteiger partial charge on any atom is 0.407 e. The van der Waals surface area contributed by atoms with Crippen molar-refractivity contribution in [1.82, 2.24) is 20.6 Å². The zero-order chi connectivity index (χ0) is 24.1. The molecule has 4 rings (SSSR count). The van der Waals surface area contributed by atoms with Gasteiger partial charge in [0.25, 0.3) is 0 Å². The van der Waals surface area contributed by atoms with Gasteiger partial charge in [-0.05, 0) is 22.3 Å². The van der Waals surface area contributed by atoms with Crippen LogP contribution in [0.15, 0.2) is 61.1 Å². The molecule has 10 nitrogen and oxygen atoms in total. The number of aromatic amines is 1. The monoisotopic (exact) mass is 464 g/mol. The van der Waals surface area contributed by atoms with Gasteiger partial charge in [-0.3, -0.25) is 9.59 Å². The number of amides is 2. The van der Waals surface area contributed by atoms with Gasteiger partial charge >= 0.3 is 12.1 Å². The predicted molar refractivity (Wildman–Crippen MR) is 121 cm³/mol. The van der Waals surface area contributed by atoms with Crippen molar-refractivity contribution >= 4 is 18.0 Å². The fourth-order valence-electron chi connectivity index (χ4n) is 4.05. The number of nitrogens with zero attached hydrogens (tertiary/aromatic N) is 1. The summed E-state index contributed by atoms with van der Waals surface area (Å²) in [5.74, 6) is -2.20. The van der Waals surface area contributed by atoms with Crippen LogP contribution in [0.3, 0.4) is 0 Å². The number of fused-ring (bicyclic) bond motifs is 3. The lowest BCUT2D eigenvalue weighted by atomic mass is 9.98. The number of aliphatic carboxylic acids is 1. The van der Waals surface area contributed by atoms with E-state index in [-0.39, 0.29) is 19.1 Å². The molecule has 0 aliphatic heterocycles. The number of aliphatic hydroxyl groups is 1. The van der Waals surface area contributed by atoms with Crippen LogP contribution in [0.1, 0.15) is 35.3 Å². The van der Waals surface area contributed by atoms with E-state index in [2.05, 4.69) is 20.6 Å². The second-order valence-electron chi connectivity index (χ2n) is 7.89. The Morgan fingerprint density at radius 1 is 1.06 bits per heavy atom. The van der Waals surface area contributed by atoms with Gasteiger partial charge in [-0.2, -0.15) is 0 Å². The quantitative estimate of drug-likeness (QED) is 0.324. The average Bonchev–Trinajstić information content (AvgIpc) is 3.47. The normalized spacial score (nSPS) is 13.9. The van der Waals surface area contributed by atoms with Crippen LogP contribution < -0.4 is 10.6 Å². The zero-order valence-corrected chi connectivity index (χ0v) is 18.1. The molecule has 34 heavy (non-hydrogen) atoms. The highest BCUT2D eigenvalue weighted by Crippen LogP contribution is 2.44. The van der Waals surface area contributed by atoms with Gasteiger partial charge in [0.05, 0.1) is 24.6 Å². The Balaban J connectivity index is 1.37. The smallest absolute Gasteiger partial charge is 0.407 e. The van der Waals surface area contributed by atoms with E-state index in [9.17, 15) is 19.5 Å². The van der Waals surface area contributed by atoms with Crippen molar-refractivity contribution in [3.05, 3.63) is 77.9 Å². The van der Waals surface area contributed by atoms with E-state index in [0.29, 0.717) is 5.69 Å². The fourth-order valence-corrected chi connectivity index (χ4v) is 4.05. The number of hydrogen-bond donors (Lipinski definition) is 5. The maximum atomic E-state index is 12.5. The molecule has 2 aromatic carbocycles. The lowest BCUT2D eigenvalue weighted by molar-refractivity contribution is -0.139. The fraction of sp³-hybridized carbons (Fsp3) is 0.250. The minimum absolute atomic E-state index is 0.0276. The highest BCUT2D eigenvalue weighted by molar-refractivity contribution is 5.89. The first-order chi connectivity index (χ1) is 16.4. The van der Waals surface area contributed by atoms with E-state index in [1.807, 2.05) is 48.5 Å². The number of H-pyrrole nitrogens is 1. The molecule has 10 heteroatoms. The van der Waals surface area contributed by atoms with Crippen LogP contribution in [-0.4, -0.2) is 57.3 Å².